The summed E-state index contributed by atoms with van der Waals surface area (Å²) in [7, 11) is 1.50. The molecule has 224 valence electrons. The average molecular weight is 568 g/mol. The number of aryl methyl sites for hydroxylation is 2. The van der Waals surface area contributed by atoms with E-state index >= 15 is 0 Å². The molecule has 0 aliphatic heterocycles. The molecule has 0 aliphatic carbocycles. The Balaban J connectivity index is 2.44. The Kier molecular flexibility index (Phi) is 11.1. The number of ether oxygens (including phenoxy) is 2. The van der Waals surface area contributed by atoms with Crippen LogP contribution in [0.3, 0.4) is 0 Å². The minimum atomic E-state index is -1.09. The number of likely N-dealkylation sites (N-methyl/N-ethyl adjacent to an activating group) is 1. The van der Waals surface area contributed by atoms with Gasteiger partial charge >= 0.3 is 12.1 Å². The molecule has 3 atom stereocenters. The van der Waals surface area contributed by atoms with E-state index in [9.17, 15) is 19.2 Å². The van der Waals surface area contributed by atoms with Crippen molar-refractivity contribution in [2.45, 2.75) is 98.1 Å². The van der Waals surface area contributed by atoms with Gasteiger partial charge in [0.05, 0.1) is 0 Å². The molecule has 9 nitrogen and oxygen atoms in total. The fourth-order valence-electron chi connectivity index (χ4n) is 4.23. The van der Waals surface area contributed by atoms with Crippen molar-refractivity contribution >= 4 is 23.9 Å². The van der Waals surface area contributed by atoms with Crippen LogP contribution in [0.25, 0.3) is 0 Å². The van der Waals surface area contributed by atoms with Crippen LogP contribution in [0.4, 0.5) is 4.79 Å². The molecule has 0 fully saturated rings. The van der Waals surface area contributed by atoms with E-state index in [1.165, 1.54) is 18.9 Å². The predicted octanol–water partition coefficient (Wildman–Crippen LogP) is 4.79. The van der Waals surface area contributed by atoms with Gasteiger partial charge in [-0.1, -0.05) is 54.1 Å². The highest BCUT2D eigenvalue weighted by Crippen LogP contribution is 2.26. The number of nitrogens with zero attached hydrogens (tertiary/aromatic N) is 1. The van der Waals surface area contributed by atoms with Gasteiger partial charge in [0.15, 0.2) is 0 Å². The third-order valence-electron chi connectivity index (χ3n) is 6.11. The Hall–Kier alpha value is -3.88. The van der Waals surface area contributed by atoms with E-state index in [0.717, 1.165) is 16.7 Å². The Labute approximate surface area is 244 Å². The molecule has 0 radical (unpaired) electrons. The molecule has 2 aromatic rings. The van der Waals surface area contributed by atoms with Gasteiger partial charge in [0.1, 0.15) is 29.3 Å². The van der Waals surface area contributed by atoms with E-state index in [4.69, 9.17) is 9.47 Å². The fourth-order valence-corrected chi connectivity index (χ4v) is 4.23. The zero-order valence-electron chi connectivity index (χ0n) is 26.0. The number of hydrogen-bond acceptors (Lipinski definition) is 6. The molecule has 0 spiro atoms. The first kappa shape index (κ1) is 33.3. The lowest BCUT2D eigenvalue weighted by atomic mass is 9.96. The first-order valence-electron chi connectivity index (χ1n) is 13.8. The molecule has 9 heteroatoms. The van der Waals surface area contributed by atoms with Crippen molar-refractivity contribution in [2.75, 3.05) is 7.05 Å². The molecule has 0 aromatic heterocycles. The number of benzene rings is 2. The largest absolute Gasteiger partial charge is 0.458 e. The molecule has 0 aliphatic rings. The zero-order chi connectivity index (χ0) is 31.1. The van der Waals surface area contributed by atoms with Gasteiger partial charge in [-0.15, -0.1) is 0 Å². The maximum Gasteiger partial charge on any atom is 0.408 e. The molecular formula is C32H45N3O6. The Morgan fingerprint density at radius 2 is 1.44 bits per heavy atom. The van der Waals surface area contributed by atoms with Crippen molar-refractivity contribution in [2.24, 2.45) is 0 Å². The van der Waals surface area contributed by atoms with Gasteiger partial charge in [-0.3, -0.25) is 9.59 Å². The van der Waals surface area contributed by atoms with Crippen molar-refractivity contribution in [1.29, 1.82) is 0 Å². The second kappa shape index (κ2) is 13.7. The van der Waals surface area contributed by atoms with Gasteiger partial charge in [0.25, 0.3) is 0 Å². The van der Waals surface area contributed by atoms with Gasteiger partial charge in [-0.25, -0.2) is 9.59 Å². The number of nitrogens with one attached hydrogen (secondary N) is 2. The van der Waals surface area contributed by atoms with Gasteiger partial charge in [0.2, 0.25) is 11.8 Å². The minimum Gasteiger partial charge on any atom is -0.458 e. The first-order valence-corrected chi connectivity index (χ1v) is 13.8. The van der Waals surface area contributed by atoms with Crippen LogP contribution in [0.2, 0.25) is 0 Å². The summed E-state index contributed by atoms with van der Waals surface area (Å²) in [4.78, 5) is 54.4. The Bertz CT molecular complexity index is 1230. The summed E-state index contributed by atoms with van der Waals surface area (Å²) < 4.78 is 10.9. The molecule has 3 unspecified atom stereocenters. The van der Waals surface area contributed by atoms with Crippen molar-refractivity contribution in [3.05, 3.63) is 70.8 Å². The maximum atomic E-state index is 14.0. The van der Waals surface area contributed by atoms with Crippen LogP contribution in [-0.2, 0) is 30.3 Å². The smallest absolute Gasteiger partial charge is 0.408 e. The number of alkyl carbamates (subject to hydrolysis) is 1. The van der Waals surface area contributed by atoms with Crippen LogP contribution in [0.1, 0.15) is 76.8 Å². The van der Waals surface area contributed by atoms with Gasteiger partial charge in [0, 0.05) is 13.5 Å². The van der Waals surface area contributed by atoms with Crippen molar-refractivity contribution < 1.29 is 28.7 Å². The molecule has 0 saturated carbocycles. The van der Waals surface area contributed by atoms with Gasteiger partial charge in [-0.2, -0.15) is 0 Å². The monoisotopic (exact) mass is 567 g/mol. The molecule has 2 rings (SSSR count). The molecule has 0 saturated heterocycles. The van der Waals surface area contributed by atoms with E-state index in [2.05, 4.69) is 10.6 Å². The topological polar surface area (TPSA) is 114 Å². The lowest BCUT2D eigenvalue weighted by Gasteiger charge is -2.33. The lowest BCUT2D eigenvalue weighted by Crippen LogP contribution is -2.53. The average Bonchev–Trinajstić information content (AvgIpc) is 2.83. The highest BCUT2D eigenvalue weighted by molar-refractivity contribution is 5.94. The van der Waals surface area contributed by atoms with Gasteiger partial charge in [-0.05, 0) is 79.0 Å². The molecule has 3 amide bonds. The van der Waals surface area contributed by atoms with Crippen molar-refractivity contribution in [3.63, 3.8) is 0 Å². The van der Waals surface area contributed by atoms with Crippen molar-refractivity contribution in [3.8, 4) is 0 Å². The standard InChI is InChI=1S/C32H45N3O6/c1-20-16-17-21(2)24(18-20)26(35(10)28(37)22(3)33-30(39)41-32(7,8)9)27(36)34-25(29(38)40-31(4,5)6)19-23-14-12-11-13-15-23/h11-18,22,25-26H,19H2,1-10H3,(H,33,39)(H,34,36). The second-order valence-corrected chi connectivity index (χ2v) is 12.4. The summed E-state index contributed by atoms with van der Waals surface area (Å²) in [5, 5.41) is 5.41. The van der Waals surface area contributed by atoms with E-state index in [1.807, 2.05) is 62.4 Å². The third-order valence-corrected chi connectivity index (χ3v) is 6.11. The van der Waals surface area contributed by atoms with Gasteiger partial charge < -0.3 is 25.0 Å². The molecular weight excluding hydrogens is 522 g/mol. The molecule has 0 heterocycles. The molecule has 41 heavy (non-hydrogen) atoms. The summed E-state index contributed by atoms with van der Waals surface area (Å²) in [5.41, 5.74) is 1.63. The van der Waals surface area contributed by atoms with Crippen LogP contribution in [-0.4, -0.2) is 59.1 Å². The van der Waals surface area contributed by atoms with Crippen LogP contribution in [0.15, 0.2) is 48.5 Å². The second-order valence-electron chi connectivity index (χ2n) is 12.4. The highest BCUT2D eigenvalue weighted by Gasteiger charge is 2.36. The fraction of sp³-hybridized carbons (Fsp3) is 0.500. The summed E-state index contributed by atoms with van der Waals surface area (Å²) in [6.07, 6.45) is -0.540. The predicted molar refractivity (Wildman–Crippen MR) is 158 cm³/mol. The SMILES string of the molecule is Cc1ccc(C)c(C(C(=O)NC(Cc2ccccc2)C(=O)OC(C)(C)C)N(C)C(=O)C(C)NC(=O)OC(C)(C)C)c1. The lowest BCUT2D eigenvalue weighted by molar-refractivity contribution is -0.159. The number of hydrogen-bond donors (Lipinski definition) is 2. The Morgan fingerprint density at radius 3 is 2.00 bits per heavy atom. The molecule has 2 aromatic carbocycles. The van der Waals surface area contributed by atoms with E-state index < -0.39 is 53.2 Å². The van der Waals surface area contributed by atoms with Crippen LogP contribution >= 0.6 is 0 Å². The van der Waals surface area contributed by atoms with Crippen LogP contribution < -0.4 is 10.6 Å². The van der Waals surface area contributed by atoms with Crippen molar-refractivity contribution in [1.82, 2.24) is 15.5 Å². The number of carbonyl (C=O) groups excluding carboxylic acids is 4. The first-order chi connectivity index (χ1) is 18.9. The van der Waals surface area contributed by atoms with E-state index in [0.29, 0.717) is 5.56 Å². The normalized spacial score (nSPS) is 13.8. The van der Waals surface area contributed by atoms with Crippen LogP contribution in [0, 0.1) is 13.8 Å². The summed E-state index contributed by atoms with van der Waals surface area (Å²) in [6.45, 7) is 15.7. The Morgan fingerprint density at radius 1 is 0.854 bits per heavy atom. The minimum absolute atomic E-state index is 0.204. The quantitative estimate of drug-likeness (QED) is 0.422. The number of amides is 3. The molecule has 0 bridgehead atoms. The zero-order valence-corrected chi connectivity index (χ0v) is 26.0. The summed E-state index contributed by atoms with van der Waals surface area (Å²) >= 11 is 0. The third kappa shape index (κ3) is 10.6. The summed E-state index contributed by atoms with van der Waals surface area (Å²) in [5.74, 6) is -1.64. The maximum absolute atomic E-state index is 14.0. The summed E-state index contributed by atoms with van der Waals surface area (Å²) in [6, 6.07) is 11.9. The number of carbonyl (C=O) groups is 4. The highest BCUT2D eigenvalue weighted by atomic mass is 16.6. The number of esters is 1. The van der Waals surface area contributed by atoms with Crippen LogP contribution in [0.5, 0.6) is 0 Å². The molecule has 2 N–H and O–H groups in total. The number of rotatable bonds is 9. The van der Waals surface area contributed by atoms with E-state index in [1.54, 1.807) is 41.5 Å². The van der Waals surface area contributed by atoms with E-state index in [-0.39, 0.29) is 6.42 Å².